The number of hydrogen-bond donors (Lipinski definition) is 3. The normalized spacial score (nSPS) is 14.0. The van der Waals surface area contributed by atoms with Crippen molar-refractivity contribution in [1.82, 2.24) is 25.0 Å². The lowest BCUT2D eigenvalue weighted by molar-refractivity contribution is -0.147. The maximum atomic E-state index is 14.7. The molecule has 0 aliphatic carbocycles. The second-order valence-corrected chi connectivity index (χ2v) is 16.4. The Morgan fingerprint density at radius 1 is 0.982 bits per heavy atom. The number of carboxylic acid groups (broad SMARTS) is 1. The molecule has 2 aromatic rings. The van der Waals surface area contributed by atoms with Crippen LogP contribution < -0.4 is 15.4 Å². The summed E-state index contributed by atoms with van der Waals surface area (Å²) in [5.74, 6) is -2.93. The number of carbonyl (C=O) groups is 6. The van der Waals surface area contributed by atoms with Crippen LogP contribution >= 0.6 is 0 Å². The Bertz CT molecular complexity index is 1770. The Labute approximate surface area is 324 Å². The second kappa shape index (κ2) is 18.5. The van der Waals surface area contributed by atoms with Gasteiger partial charge in [-0.15, -0.1) is 0 Å². The Kier molecular flexibility index (Phi) is 15.5. The molecule has 0 saturated carbocycles. The summed E-state index contributed by atoms with van der Waals surface area (Å²) in [5, 5.41) is 15.4. The highest BCUT2D eigenvalue weighted by molar-refractivity contribution is 5.96. The first kappa shape index (κ1) is 46.1. The fraction of sp³-hybridized carbons (Fsp3) is 0.600. The molecule has 15 heteroatoms. The van der Waals surface area contributed by atoms with Crippen molar-refractivity contribution in [2.75, 3.05) is 34.4 Å². The van der Waals surface area contributed by atoms with Crippen LogP contribution in [0, 0.1) is 5.41 Å². The molecule has 0 bridgehead atoms. The van der Waals surface area contributed by atoms with E-state index < -0.39 is 70.3 Å². The summed E-state index contributed by atoms with van der Waals surface area (Å²) in [6.45, 7) is 17.5. The van der Waals surface area contributed by atoms with Gasteiger partial charge in [0.2, 0.25) is 17.7 Å². The van der Waals surface area contributed by atoms with Crippen LogP contribution in [0.4, 0.5) is 4.79 Å². The van der Waals surface area contributed by atoms with Gasteiger partial charge in [-0.2, -0.15) is 0 Å². The largest absolute Gasteiger partial charge is 0.497 e. The van der Waals surface area contributed by atoms with Crippen LogP contribution in [0.3, 0.4) is 0 Å². The summed E-state index contributed by atoms with van der Waals surface area (Å²) >= 11 is 0. The van der Waals surface area contributed by atoms with Gasteiger partial charge in [0.15, 0.2) is 0 Å². The van der Waals surface area contributed by atoms with Crippen LogP contribution in [0.25, 0.3) is 10.9 Å². The Balaban J connectivity index is 2.48. The van der Waals surface area contributed by atoms with Crippen LogP contribution in [0.15, 0.2) is 36.0 Å². The van der Waals surface area contributed by atoms with Crippen molar-refractivity contribution in [2.45, 2.75) is 111 Å². The van der Waals surface area contributed by atoms with E-state index in [1.807, 2.05) is 49.9 Å². The fourth-order valence-corrected chi connectivity index (χ4v) is 6.16. The van der Waals surface area contributed by atoms with Crippen molar-refractivity contribution in [2.24, 2.45) is 12.5 Å². The van der Waals surface area contributed by atoms with Gasteiger partial charge in [-0.3, -0.25) is 24.1 Å². The molecule has 306 valence electrons. The van der Waals surface area contributed by atoms with Crippen molar-refractivity contribution in [3.63, 3.8) is 0 Å². The lowest BCUT2D eigenvalue weighted by Crippen LogP contribution is -2.62. The number of rotatable bonds is 16. The van der Waals surface area contributed by atoms with E-state index in [9.17, 15) is 28.8 Å². The number of carbonyl (C=O) groups excluding carboxylic acids is 5. The summed E-state index contributed by atoms with van der Waals surface area (Å²) in [6.07, 6.45) is 2.17. The SMILES string of the molecule is CCOC(=O)[C@@H](CCC(=O)O)NC(=O)/C(C)=C/CN(C)C(=O)C(NC(=O)C(N(C)C(=O)OC(C)(C)C)C(C)(C)c1cn(C)c2ccc(OC)cc12)C(C)(C)C. The third-order valence-electron chi connectivity index (χ3n) is 9.22. The van der Waals surface area contributed by atoms with Gasteiger partial charge in [0.05, 0.1) is 13.7 Å². The molecule has 15 nitrogen and oxygen atoms in total. The standard InChI is InChI=1S/C40H61N5O10/c1-15-54-36(51)28(17-19-30(46)47)41-33(48)24(2)20-21-43(11)35(50)31(38(3,4)5)42-34(49)32(45(13)37(52)55-39(6,7)8)40(9,10)27-23-44(12)29-18-16-25(53-14)22-26(27)29/h16,18,20,22-23,28,31-32H,15,17,19,21H2,1-14H3,(H,41,48)(H,42,49)(H,46,47)/b24-20+/t28-,31?,32?/m1/s1. The monoisotopic (exact) mass is 771 g/mol. The Hall–Kier alpha value is -5.08. The third kappa shape index (κ3) is 12.2. The number of fused-ring (bicyclic) bond motifs is 1. The van der Waals surface area contributed by atoms with E-state index in [4.69, 9.17) is 19.3 Å². The number of nitrogens with one attached hydrogen (secondary N) is 2. The molecule has 0 radical (unpaired) electrons. The number of esters is 1. The fourth-order valence-electron chi connectivity index (χ4n) is 6.16. The van der Waals surface area contributed by atoms with Crippen molar-refractivity contribution in [1.29, 1.82) is 0 Å². The molecule has 0 saturated heterocycles. The lowest BCUT2D eigenvalue weighted by Gasteiger charge is -2.41. The molecule has 0 spiro atoms. The average molecular weight is 772 g/mol. The summed E-state index contributed by atoms with van der Waals surface area (Å²) in [4.78, 5) is 81.5. The number of aliphatic carboxylic acids is 1. The average Bonchev–Trinajstić information content (AvgIpc) is 3.41. The molecule has 0 aliphatic heterocycles. The number of nitrogens with zero attached hydrogens (tertiary/aromatic N) is 3. The molecule has 1 aromatic heterocycles. The lowest BCUT2D eigenvalue weighted by atomic mass is 9.76. The smallest absolute Gasteiger partial charge is 0.410 e. The van der Waals surface area contributed by atoms with Crippen LogP contribution in [0.5, 0.6) is 5.75 Å². The number of amides is 4. The van der Waals surface area contributed by atoms with Crippen molar-refractivity contribution < 1.29 is 48.1 Å². The molecule has 1 aromatic carbocycles. The number of benzene rings is 1. The summed E-state index contributed by atoms with van der Waals surface area (Å²) in [6, 6.07) is 2.24. The van der Waals surface area contributed by atoms with Gasteiger partial charge in [-0.25, -0.2) is 9.59 Å². The molecule has 2 rings (SSSR count). The minimum absolute atomic E-state index is 0.0374. The molecule has 0 aliphatic rings. The quantitative estimate of drug-likeness (QED) is 0.162. The van der Waals surface area contributed by atoms with Gasteiger partial charge in [-0.1, -0.05) is 40.7 Å². The van der Waals surface area contributed by atoms with Gasteiger partial charge in [0.1, 0.15) is 29.5 Å². The highest BCUT2D eigenvalue weighted by Crippen LogP contribution is 2.38. The zero-order chi connectivity index (χ0) is 42.2. The first-order valence-corrected chi connectivity index (χ1v) is 18.3. The number of hydrogen-bond acceptors (Lipinski definition) is 9. The molecule has 4 amide bonds. The number of ether oxygens (including phenoxy) is 3. The highest BCUT2D eigenvalue weighted by atomic mass is 16.6. The van der Waals surface area contributed by atoms with Crippen molar-refractivity contribution in [3.8, 4) is 5.75 Å². The second-order valence-electron chi connectivity index (χ2n) is 16.4. The Morgan fingerprint density at radius 3 is 2.13 bits per heavy atom. The number of carboxylic acids is 1. The molecule has 3 atom stereocenters. The molecular weight excluding hydrogens is 710 g/mol. The van der Waals surface area contributed by atoms with Gasteiger partial charge in [-0.05, 0) is 70.2 Å². The minimum atomic E-state index is -1.17. The molecule has 3 N–H and O–H groups in total. The van der Waals surface area contributed by atoms with Crippen LogP contribution in [-0.2, 0) is 45.9 Å². The third-order valence-corrected chi connectivity index (χ3v) is 9.22. The first-order chi connectivity index (χ1) is 25.3. The maximum Gasteiger partial charge on any atom is 0.410 e. The number of aryl methyl sites for hydroxylation is 1. The molecular formula is C40H61N5O10. The van der Waals surface area contributed by atoms with E-state index in [2.05, 4.69) is 10.6 Å². The summed E-state index contributed by atoms with van der Waals surface area (Å²) in [5.41, 5.74) is -0.869. The number of methoxy groups -OCH3 is 1. The van der Waals surface area contributed by atoms with Crippen LogP contribution in [-0.4, -0.2) is 113 Å². The van der Waals surface area contributed by atoms with E-state index in [1.54, 1.807) is 55.6 Å². The molecule has 0 fully saturated rings. The zero-order valence-electron chi connectivity index (χ0n) is 34.9. The van der Waals surface area contributed by atoms with Crippen molar-refractivity contribution in [3.05, 3.63) is 41.6 Å². The molecule has 2 unspecified atom stereocenters. The maximum absolute atomic E-state index is 14.7. The minimum Gasteiger partial charge on any atom is -0.497 e. The predicted molar refractivity (Wildman–Crippen MR) is 208 cm³/mol. The Morgan fingerprint density at radius 2 is 1.60 bits per heavy atom. The van der Waals surface area contributed by atoms with Crippen LogP contribution in [0.1, 0.15) is 87.6 Å². The highest BCUT2D eigenvalue weighted by Gasteiger charge is 2.46. The topological polar surface area (TPSA) is 186 Å². The van der Waals surface area contributed by atoms with Gasteiger partial charge >= 0.3 is 18.0 Å². The van der Waals surface area contributed by atoms with Gasteiger partial charge in [0.25, 0.3) is 0 Å². The van der Waals surface area contributed by atoms with Crippen molar-refractivity contribution >= 4 is 46.7 Å². The summed E-state index contributed by atoms with van der Waals surface area (Å²) in [7, 11) is 6.49. The number of likely N-dealkylation sites (N-methyl/N-ethyl adjacent to an activating group) is 2. The number of aromatic nitrogens is 1. The van der Waals surface area contributed by atoms with E-state index in [1.165, 1.54) is 36.9 Å². The van der Waals surface area contributed by atoms with E-state index in [-0.39, 0.29) is 31.6 Å². The van der Waals surface area contributed by atoms with E-state index >= 15 is 0 Å². The molecule has 1 heterocycles. The zero-order valence-corrected chi connectivity index (χ0v) is 34.9. The van der Waals surface area contributed by atoms with Crippen LogP contribution in [0.2, 0.25) is 0 Å². The van der Waals surface area contributed by atoms with Gasteiger partial charge < -0.3 is 39.4 Å². The van der Waals surface area contributed by atoms with Gasteiger partial charge in [0, 0.05) is 62.2 Å². The molecule has 55 heavy (non-hydrogen) atoms. The summed E-state index contributed by atoms with van der Waals surface area (Å²) < 4.78 is 18.1. The predicted octanol–water partition coefficient (Wildman–Crippen LogP) is 4.55. The first-order valence-electron chi connectivity index (χ1n) is 18.3. The van der Waals surface area contributed by atoms with E-state index in [0.717, 1.165) is 16.5 Å². The van der Waals surface area contributed by atoms with E-state index in [0.29, 0.717) is 5.75 Å².